The van der Waals surface area contributed by atoms with E-state index in [1.807, 2.05) is 13.8 Å². The van der Waals surface area contributed by atoms with Crippen LogP contribution < -0.4 is 0 Å². The molecule has 0 aromatic rings. The van der Waals surface area contributed by atoms with Crippen LogP contribution in [0.1, 0.15) is 40.0 Å². The molecule has 0 radical (unpaired) electrons. The van der Waals surface area contributed by atoms with E-state index >= 15 is 0 Å². The van der Waals surface area contributed by atoms with Crippen molar-refractivity contribution < 1.29 is 19.4 Å². The van der Waals surface area contributed by atoms with Gasteiger partial charge in [-0.1, -0.05) is 20.3 Å². The van der Waals surface area contributed by atoms with Gasteiger partial charge in [0.15, 0.2) is 0 Å². The van der Waals surface area contributed by atoms with Crippen molar-refractivity contribution in [2.75, 3.05) is 19.8 Å². The van der Waals surface area contributed by atoms with Crippen LogP contribution in [-0.2, 0) is 14.3 Å². The van der Waals surface area contributed by atoms with Crippen molar-refractivity contribution >= 4 is 11.9 Å². The predicted octanol–water partition coefficient (Wildman–Crippen LogP) is 1.76. The van der Waals surface area contributed by atoms with Crippen molar-refractivity contribution in [3.05, 3.63) is 0 Å². The number of amides is 1. The van der Waals surface area contributed by atoms with Crippen LogP contribution in [0.25, 0.3) is 0 Å². The maximum absolute atomic E-state index is 12.0. The molecule has 1 fully saturated rings. The van der Waals surface area contributed by atoms with Gasteiger partial charge in [0.05, 0.1) is 12.5 Å². The molecule has 19 heavy (non-hydrogen) atoms. The Morgan fingerprint density at radius 3 is 2.68 bits per heavy atom. The Morgan fingerprint density at radius 2 is 2.11 bits per heavy atom. The van der Waals surface area contributed by atoms with Crippen LogP contribution in [0.4, 0.5) is 0 Å². The zero-order valence-corrected chi connectivity index (χ0v) is 12.1. The molecule has 1 heterocycles. The van der Waals surface area contributed by atoms with E-state index in [0.29, 0.717) is 26.2 Å². The maximum atomic E-state index is 12.0. The van der Waals surface area contributed by atoms with Crippen molar-refractivity contribution in [2.45, 2.75) is 46.1 Å². The Labute approximate surface area is 114 Å². The van der Waals surface area contributed by atoms with E-state index in [-0.39, 0.29) is 17.9 Å². The Bertz CT molecular complexity index is 319. The number of nitrogens with zero attached hydrogens (tertiary/aromatic N) is 1. The lowest BCUT2D eigenvalue weighted by molar-refractivity contribution is -0.155. The lowest BCUT2D eigenvalue weighted by Crippen LogP contribution is -2.53. The van der Waals surface area contributed by atoms with Gasteiger partial charge >= 0.3 is 5.97 Å². The zero-order valence-electron chi connectivity index (χ0n) is 12.1. The second-order valence-electron chi connectivity index (χ2n) is 5.34. The van der Waals surface area contributed by atoms with Crippen LogP contribution in [0.2, 0.25) is 0 Å². The van der Waals surface area contributed by atoms with Gasteiger partial charge in [0.2, 0.25) is 5.91 Å². The number of carbonyl (C=O) groups excluding carboxylic acids is 1. The van der Waals surface area contributed by atoms with Crippen LogP contribution in [0, 0.1) is 11.8 Å². The third-order valence-electron chi connectivity index (χ3n) is 3.85. The number of rotatable bonds is 7. The molecule has 1 saturated heterocycles. The quantitative estimate of drug-likeness (QED) is 0.716. The van der Waals surface area contributed by atoms with Gasteiger partial charge in [-0.15, -0.1) is 0 Å². The number of hydrogen-bond donors (Lipinski definition) is 1. The number of unbranched alkanes of at least 4 members (excludes halogenated alkanes) is 1. The summed E-state index contributed by atoms with van der Waals surface area (Å²) in [5.41, 5.74) is 0. The minimum absolute atomic E-state index is 0.0385. The fourth-order valence-electron chi connectivity index (χ4n) is 2.71. The molecule has 1 rings (SSSR count). The van der Waals surface area contributed by atoms with Crippen molar-refractivity contribution in [1.29, 1.82) is 0 Å². The summed E-state index contributed by atoms with van der Waals surface area (Å²) < 4.78 is 5.45. The standard InChI is InChI=1S/C14H25NO4/c1-4-5-7-19-8-6-15-11(3)13(14(17)18)10(2)9-12(15)16/h10-11,13H,4-9H2,1-3H3,(H,17,18). The van der Waals surface area contributed by atoms with E-state index in [9.17, 15) is 14.7 Å². The number of likely N-dealkylation sites (tertiary alicyclic amines) is 1. The number of piperidine rings is 1. The number of carboxylic acid groups (broad SMARTS) is 1. The van der Waals surface area contributed by atoms with Gasteiger partial charge in [-0.05, 0) is 19.3 Å². The summed E-state index contributed by atoms with van der Waals surface area (Å²) in [7, 11) is 0. The van der Waals surface area contributed by atoms with E-state index in [1.165, 1.54) is 0 Å². The molecule has 0 spiro atoms. The van der Waals surface area contributed by atoms with Crippen LogP contribution in [0.5, 0.6) is 0 Å². The topological polar surface area (TPSA) is 66.8 Å². The molecule has 1 aliphatic rings. The predicted molar refractivity (Wildman–Crippen MR) is 71.8 cm³/mol. The van der Waals surface area contributed by atoms with Crippen LogP contribution in [0.3, 0.4) is 0 Å². The van der Waals surface area contributed by atoms with Gasteiger partial charge in [-0.2, -0.15) is 0 Å². The highest BCUT2D eigenvalue weighted by molar-refractivity contribution is 5.81. The van der Waals surface area contributed by atoms with Crippen molar-refractivity contribution in [2.24, 2.45) is 11.8 Å². The number of aliphatic carboxylic acids is 1. The lowest BCUT2D eigenvalue weighted by atomic mass is 9.81. The Balaban J connectivity index is 2.51. The maximum Gasteiger partial charge on any atom is 0.308 e. The van der Waals surface area contributed by atoms with Crippen LogP contribution >= 0.6 is 0 Å². The molecule has 3 unspecified atom stereocenters. The molecular weight excluding hydrogens is 246 g/mol. The minimum atomic E-state index is -0.815. The first-order valence-electron chi connectivity index (χ1n) is 7.09. The third-order valence-corrected chi connectivity index (χ3v) is 3.85. The Kier molecular flexibility index (Phi) is 6.28. The first-order valence-corrected chi connectivity index (χ1v) is 7.09. The molecule has 110 valence electrons. The number of ether oxygens (including phenoxy) is 1. The summed E-state index contributed by atoms with van der Waals surface area (Å²) in [6, 6.07) is -0.261. The molecule has 5 heteroatoms. The van der Waals surface area contributed by atoms with Gasteiger partial charge in [-0.3, -0.25) is 9.59 Å². The molecule has 3 atom stereocenters. The fraction of sp³-hybridized carbons (Fsp3) is 0.857. The lowest BCUT2D eigenvalue weighted by Gasteiger charge is -2.40. The molecule has 0 bridgehead atoms. The van der Waals surface area contributed by atoms with Gasteiger partial charge in [0.1, 0.15) is 0 Å². The highest BCUT2D eigenvalue weighted by Gasteiger charge is 2.41. The van der Waals surface area contributed by atoms with E-state index < -0.39 is 11.9 Å². The highest BCUT2D eigenvalue weighted by Crippen LogP contribution is 2.29. The molecule has 1 amide bonds. The van der Waals surface area contributed by atoms with E-state index in [2.05, 4.69) is 6.92 Å². The first kappa shape index (κ1) is 16.0. The monoisotopic (exact) mass is 271 g/mol. The minimum Gasteiger partial charge on any atom is -0.481 e. The van der Waals surface area contributed by atoms with Crippen LogP contribution in [-0.4, -0.2) is 47.7 Å². The molecule has 0 saturated carbocycles. The average Bonchev–Trinajstić information content (AvgIpc) is 2.31. The second kappa shape index (κ2) is 7.48. The van der Waals surface area contributed by atoms with Gasteiger partial charge in [0, 0.05) is 25.6 Å². The fourth-order valence-corrected chi connectivity index (χ4v) is 2.71. The van der Waals surface area contributed by atoms with Gasteiger partial charge in [0.25, 0.3) is 0 Å². The number of hydrogen-bond acceptors (Lipinski definition) is 3. The number of carbonyl (C=O) groups is 2. The van der Waals surface area contributed by atoms with E-state index in [1.54, 1.807) is 4.90 Å². The Hall–Kier alpha value is -1.10. The summed E-state index contributed by atoms with van der Waals surface area (Å²) in [6.45, 7) is 7.42. The zero-order chi connectivity index (χ0) is 14.4. The molecule has 0 aliphatic carbocycles. The number of carboxylic acids is 1. The summed E-state index contributed by atoms with van der Waals surface area (Å²) in [5.74, 6) is -1.36. The second-order valence-corrected chi connectivity index (χ2v) is 5.34. The molecule has 1 aliphatic heterocycles. The smallest absolute Gasteiger partial charge is 0.308 e. The van der Waals surface area contributed by atoms with Crippen molar-refractivity contribution in [3.8, 4) is 0 Å². The molecule has 0 aromatic heterocycles. The van der Waals surface area contributed by atoms with Crippen LogP contribution in [0.15, 0.2) is 0 Å². The summed E-state index contributed by atoms with van der Waals surface area (Å²) in [5, 5.41) is 9.26. The normalized spacial score (nSPS) is 27.6. The molecule has 5 nitrogen and oxygen atoms in total. The third kappa shape index (κ3) is 4.20. The summed E-state index contributed by atoms with van der Waals surface area (Å²) >= 11 is 0. The SMILES string of the molecule is CCCCOCCN1C(=O)CC(C)C(C(=O)O)C1C. The summed E-state index contributed by atoms with van der Waals surface area (Å²) in [6.07, 6.45) is 2.41. The summed E-state index contributed by atoms with van der Waals surface area (Å²) in [4.78, 5) is 24.9. The van der Waals surface area contributed by atoms with E-state index in [0.717, 1.165) is 12.8 Å². The van der Waals surface area contributed by atoms with Crippen molar-refractivity contribution in [3.63, 3.8) is 0 Å². The molecule has 1 N–H and O–H groups in total. The molecule has 0 aromatic carbocycles. The van der Waals surface area contributed by atoms with Gasteiger partial charge < -0.3 is 14.7 Å². The molecular formula is C14H25NO4. The average molecular weight is 271 g/mol. The Morgan fingerprint density at radius 1 is 1.42 bits per heavy atom. The largest absolute Gasteiger partial charge is 0.481 e. The van der Waals surface area contributed by atoms with Crippen molar-refractivity contribution in [1.82, 2.24) is 4.90 Å². The first-order chi connectivity index (χ1) is 8.99. The van der Waals surface area contributed by atoms with Gasteiger partial charge in [-0.25, -0.2) is 0 Å². The van der Waals surface area contributed by atoms with E-state index in [4.69, 9.17) is 4.74 Å². The highest BCUT2D eigenvalue weighted by atomic mass is 16.5.